The van der Waals surface area contributed by atoms with Gasteiger partial charge < -0.3 is 17.7 Å². The molecule has 0 aromatic heterocycles. The minimum absolute atomic E-state index is 0.445. The average molecular weight is 264 g/mol. The average Bonchev–Trinajstić information content (AvgIpc) is 1.95. The van der Waals surface area contributed by atoms with E-state index in [-0.39, 0.29) is 0 Å². The lowest BCUT2D eigenvalue weighted by Gasteiger charge is -2.25. The summed E-state index contributed by atoms with van der Waals surface area (Å²) in [6.45, 7) is 6.53. The molecule has 0 aliphatic carbocycles. The second kappa shape index (κ2) is 6.35. The Morgan fingerprint density at radius 1 is 0.824 bits per heavy atom. The molecular formula is C9H16O7Si. The SMILES string of the molecule is CC(=O)O[Si](OC(C)=O)(OC(C)=O)OC(C)C. The zero-order valence-electron chi connectivity index (χ0n) is 10.4. The highest BCUT2D eigenvalue weighted by atomic mass is 28.4. The first-order chi connectivity index (χ1) is 7.67. The van der Waals surface area contributed by atoms with Gasteiger partial charge in [-0.2, -0.15) is 0 Å². The van der Waals surface area contributed by atoms with Crippen LogP contribution in [-0.2, 0) is 32.1 Å². The van der Waals surface area contributed by atoms with Gasteiger partial charge in [-0.15, -0.1) is 0 Å². The summed E-state index contributed by atoms with van der Waals surface area (Å²) in [5, 5.41) is 0. The van der Waals surface area contributed by atoms with E-state index in [1.807, 2.05) is 0 Å². The number of hydrogen-bond donors (Lipinski definition) is 0. The molecule has 0 radical (unpaired) electrons. The van der Waals surface area contributed by atoms with E-state index >= 15 is 0 Å². The van der Waals surface area contributed by atoms with Gasteiger partial charge in [0.25, 0.3) is 17.9 Å². The van der Waals surface area contributed by atoms with E-state index in [1.54, 1.807) is 13.8 Å². The van der Waals surface area contributed by atoms with Crippen LogP contribution >= 0.6 is 0 Å². The molecule has 0 aliphatic heterocycles. The third kappa shape index (κ3) is 6.69. The van der Waals surface area contributed by atoms with Crippen molar-refractivity contribution in [3.8, 4) is 0 Å². The van der Waals surface area contributed by atoms with Gasteiger partial charge in [0.05, 0.1) is 0 Å². The Morgan fingerprint density at radius 3 is 1.29 bits per heavy atom. The number of carbonyl (C=O) groups excluding carboxylic acids is 3. The van der Waals surface area contributed by atoms with Crippen LogP contribution in [0.25, 0.3) is 0 Å². The van der Waals surface area contributed by atoms with Crippen LogP contribution in [0.4, 0.5) is 0 Å². The predicted octanol–water partition coefficient (Wildman–Crippen LogP) is 0.536. The molecule has 0 rings (SSSR count). The van der Waals surface area contributed by atoms with E-state index in [1.165, 1.54) is 0 Å². The summed E-state index contributed by atoms with van der Waals surface area (Å²) in [6, 6.07) is 0. The van der Waals surface area contributed by atoms with Gasteiger partial charge in [0, 0.05) is 26.9 Å². The first-order valence-corrected chi connectivity index (χ1v) is 6.56. The Hall–Kier alpha value is -1.41. The van der Waals surface area contributed by atoms with Crippen LogP contribution in [0, 0.1) is 0 Å². The number of carbonyl (C=O) groups is 3. The van der Waals surface area contributed by atoms with Crippen LogP contribution < -0.4 is 0 Å². The Morgan fingerprint density at radius 2 is 1.12 bits per heavy atom. The summed E-state index contributed by atoms with van der Waals surface area (Å²) >= 11 is 0. The van der Waals surface area contributed by atoms with E-state index in [9.17, 15) is 14.4 Å². The molecule has 8 heteroatoms. The molecule has 0 aromatic rings. The molecule has 0 atom stereocenters. The highest BCUT2D eigenvalue weighted by Gasteiger charge is 2.58. The quantitative estimate of drug-likeness (QED) is 0.669. The number of hydrogen-bond acceptors (Lipinski definition) is 7. The monoisotopic (exact) mass is 264 g/mol. The Balaban J connectivity index is 5.09. The molecule has 0 heterocycles. The lowest BCUT2D eigenvalue weighted by molar-refractivity contribution is -0.157. The molecule has 0 aliphatic rings. The van der Waals surface area contributed by atoms with Gasteiger partial charge in [0.15, 0.2) is 0 Å². The third-order valence-corrected chi connectivity index (χ3v) is 3.56. The molecule has 0 fully saturated rings. The molecule has 17 heavy (non-hydrogen) atoms. The standard InChI is InChI=1S/C9H16O7Si/c1-6(2)13-17(14-7(3)10,15-8(4)11)16-9(5)12/h6H,1-5H3. The number of rotatable bonds is 5. The molecule has 0 aromatic carbocycles. The highest BCUT2D eigenvalue weighted by molar-refractivity contribution is 6.59. The maximum atomic E-state index is 11.0. The first-order valence-electron chi connectivity index (χ1n) is 4.93. The lowest BCUT2D eigenvalue weighted by atomic mass is 10.5. The minimum Gasteiger partial charge on any atom is -0.433 e. The van der Waals surface area contributed by atoms with Gasteiger partial charge in [-0.05, 0) is 13.8 Å². The zero-order valence-corrected chi connectivity index (χ0v) is 11.4. The Kier molecular flexibility index (Phi) is 5.83. The maximum absolute atomic E-state index is 11.0. The minimum atomic E-state index is -4.10. The fourth-order valence-corrected chi connectivity index (χ4v) is 2.85. The van der Waals surface area contributed by atoms with Crippen molar-refractivity contribution in [1.29, 1.82) is 0 Å². The van der Waals surface area contributed by atoms with Gasteiger partial charge in [-0.1, -0.05) is 0 Å². The molecule has 0 saturated heterocycles. The Labute approximate surface area is 100 Å². The van der Waals surface area contributed by atoms with Crippen LogP contribution in [0.5, 0.6) is 0 Å². The summed E-state index contributed by atoms with van der Waals surface area (Å²) < 4.78 is 19.5. The zero-order chi connectivity index (χ0) is 13.6. The third-order valence-electron chi connectivity index (χ3n) is 1.19. The van der Waals surface area contributed by atoms with E-state index in [4.69, 9.17) is 17.7 Å². The topological polar surface area (TPSA) is 88.1 Å². The Bertz CT molecular complexity index is 272. The summed E-state index contributed by atoms with van der Waals surface area (Å²) in [6.07, 6.45) is -0.445. The van der Waals surface area contributed by atoms with Gasteiger partial charge in [0.1, 0.15) is 0 Å². The molecular weight excluding hydrogens is 248 g/mol. The predicted molar refractivity (Wildman–Crippen MR) is 57.3 cm³/mol. The molecule has 98 valence electrons. The molecule has 0 N–H and O–H groups in total. The molecule has 0 amide bonds. The highest BCUT2D eigenvalue weighted by Crippen LogP contribution is 2.15. The van der Waals surface area contributed by atoms with Gasteiger partial charge in [0.2, 0.25) is 0 Å². The maximum Gasteiger partial charge on any atom is 0.899 e. The second-order valence-electron chi connectivity index (χ2n) is 3.45. The van der Waals surface area contributed by atoms with Gasteiger partial charge >= 0.3 is 9.05 Å². The van der Waals surface area contributed by atoms with Crippen LogP contribution in [0.3, 0.4) is 0 Å². The smallest absolute Gasteiger partial charge is 0.433 e. The van der Waals surface area contributed by atoms with E-state index < -0.39 is 33.1 Å². The van der Waals surface area contributed by atoms with Crippen molar-refractivity contribution < 1.29 is 32.1 Å². The van der Waals surface area contributed by atoms with E-state index in [0.717, 1.165) is 20.8 Å². The molecule has 7 nitrogen and oxygen atoms in total. The fraction of sp³-hybridized carbons (Fsp3) is 0.667. The molecule has 0 spiro atoms. The molecule has 0 bridgehead atoms. The van der Waals surface area contributed by atoms with Crippen molar-refractivity contribution in [1.82, 2.24) is 0 Å². The van der Waals surface area contributed by atoms with Crippen LogP contribution in [0.2, 0.25) is 0 Å². The summed E-state index contributed by atoms with van der Waals surface area (Å²) in [4.78, 5) is 32.9. The van der Waals surface area contributed by atoms with Crippen molar-refractivity contribution in [2.45, 2.75) is 40.7 Å². The summed E-state index contributed by atoms with van der Waals surface area (Å²) in [5.41, 5.74) is 0. The van der Waals surface area contributed by atoms with Crippen molar-refractivity contribution in [3.63, 3.8) is 0 Å². The fourth-order valence-electron chi connectivity index (χ4n) is 0.951. The first kappa shape index (κ1) is 15.6. The van der Waals surface area contributed by atoms with Crippen molar-refractivity contribution in [2.24, 2.45) is 0 Å². The molecule has 0 saturated carbocycles. The second-order valence-corrected chi connectivity index (χ2v) is 5.30. The van der Waals surface area contributed by atoms with Gasteiger partial charge in [-0.3, -0.25) is 14.4 Å². The van der Waals surface area contributed by atoms with Gasteiger partial charge in [-0.25, -0.2) is 0 Å². The van der Waals surface area contributed by atoms with Crippen LogP contribution in [-0.4, -0.2) is 33.1 Å². The van der Waals surface area contributed by atoms with Crippen molar-refractivity contribution in [2.75, 3.05) is 0 Å². The van der Waals surface area contributed by atoms with Crippen LogP contribution in [0.15, 0.2) is 0 Å². The molecule has 0 unspecified atom stereocenters. The largest absolute Gasteiger partial charge is 0.899 e. The van der Waals surface area contributed by atoms with Crippen LogP contribution in [0.1, 0.15) is 34.6 Å². The summed E-state index contributed by atoms with van der Waals surface area (Å²) in [7, 11) is -4.10. The normalized spacial score (nSPS) is 10.9. The lowest BCUT2D eigenvalue weighted by Crippen LogP contribution is -2.53. The summed E-state index contributed by atoms with van der Waals surface area (Å²) in [5.74, 6) is -2.29. The van der Waals surface area contributed by atoms with Crippen molar-refractivity contribution >= 4 is 27.0 Å². The van der Waals surface area contributed by atoms with E-state index in [2.05, 4.69) is 0 Å². The van der Waals surface area contributed by atoms with Crippen molar-refractivity contribution in [3.05, 3.63) is 0 Å². The van der Waals surface area contributed by atoms with E-state index in [0.29, 0.717) is 0 Å².